The Balaban J connectivity index is 1.90. The van der Waals surface area contributed by atoms with E-state index in [1.54, 1.807) is 0 Å². The molecule has 2 aliphatic heterocycles. The van der Waals surface area contributed by atoms with Crippen LogP contribution in [0, 0.1) is 0 Å². The summed E-state index contributed by atoms with van der Waals surface area (Å²) in [6.45, 7) is 2.66. The van der Waals surface area contributed by atoms with Crippen LogP contribution >= 0.6 is 0 Å². The molecule has 4 nitrogen and oxygen atoms in total. The van der Waals surface area contributed by atoms with Gasteiger partial charge in [0, 0.05) is 31.4 Å². The predicted octanol–water partition coefficient (Wildman–Crippen LogP) is 1.01. The van der Waals surface area contributed by atoms with E-state index in [9.17, 15) is 9.59 Å². The fraction of sp³-hybridized carbons (Fsp3) is 0.385. The fourth-order valence-corrected chi connectivity index (χ4v) is 2.84. The van der Waals surface area contributed by atoms with Gasteiger partial charge in [-0.15, -0.1) is 0 Å². The molecular weight excluding hydrogens is 216 g/mol. The summed E-state index contributed by atoms with van der Waals surface area (Å²) in [7, 11) is 0. The van der Waals surface area contributed by atoms with Crippen LogP contribution in [0.4, 0.5) is 0 Å². The summed E-state index contributed by atoms with van der Waals surface area (Å²) in [5, 5.41) is 0. The molecule has 1 saturated heterocycles. The van der Waals surface area contributed by atoms with Crippen molar-refractivity contribution in [2.24, 2.45) is 0 Å². The molecule has 0 N–H and O–H groups in total. The first kappa shape index (κ1) is 9.22. The lowest BCUT2D eigenvalue weighted by molar-refractivity contribution is 0.0966. The maximum Gasteiger partial charge on any atom is 0.211 e. The molecule has 1 aromatic rings. The Bertz CT molecular complexity index is 591. The largest absolute Gasteiger partial charge is 0.365 e. The Labute approximate surface area is 98.5 Å². The summed E-state index contributed by atoms with van der Waals surface area (Å²) in [5.74, 6) is 0.0219. The van der Waals surface area contributed by atoms with Gasteiger partial charge in [-0.1, -0.05) is 0 Å². The first-order chi connectivity index (χ1) is 8.25. The highest BCUT2D eigenvalue weighted by Crippen LogP contribution is 2.31. The van der Waals surface area contributed by atoms with Crippen molar-refractivity contribution in [3.05, 3.63) is 34.8 Å². The van der Waals surface area contributed by atoms with Gasteiger partial charge >= 0.3 is 0 Å². The van der Waals surface area contributed by atoms with Crippen molar-refractivity contribution >= 4 is 11.6 Å². The lowest BCUT2D eigenvalue weighted by atomic mass is 9.98. The van der Waals surface area contributed by atoms with Crippen LogP contribution in [0.25, 0.3) is 0 Å². The van der Waals surface area contributed by atoms with Gasteiger partial charge in [-0.2, -0.15) is 0 Å². The molecule has 3 heterocycles. The molecule has 86 valence electrons. The van der Waals surface area contributed by atoms with E-state index in [1.807, 2.05) is 15.5 Å². The monoisotopic (exact) mass is 228 g/mol. The van der Waals surface area contributed by atoms with Gasteiger partial charge in [-0.05, 0) is 18.9 Å². The summed E-state index contributed by atoms with van der Waals surface area (Å²) in [4.78, 5) is 26.3. The molecule has 1 aliphatic carbocycles. The number of Topliss-reactive ketones (excluding diaryl/α,β-unsaturated/α-hetero) is 1. The topological polar surface area (TPSA) is 42.1 Å². The highest BCUT2D eigenvalue weighted by atomic mass is 16.1. The number of hydrogen-bond donors (Lipinski definition) is 0. The van der Waals surface area contributed by atoms with E-state index in [0.717, 1.165) is 38.2 Å². The molecule has 3 aliphatic rings. The van der Waals surface area contributed by atoms with Crippen molar-refractivity contribution in [3.8, 4) is 0 Å². The van der Waals surface area contributed by atoms with Crippen LogP contribution in [0.2, 0.25) is 0 Å². The van der Waals surface area contributed by atoms with Crippen LogP contribution in [0.15, 0.2) is 17.8 Å². The molecule has 0 atom stereocenters. The number of carbonyl (C=O) groups is 2. The molecule has 0 aromatic carbocycles. The lowest BCUT2D eigenvalue weighted by Crippen LogP contribution is -2.22. The van der Waals surface area contributed by atoms with Crippen LogP contribution in [-0.4, -0.2) is 34.1 Å². The van der Waals surface area contributed by atoms with Crippen molar-refractivity contribution in [1.29, 1.82) is 0 Å². The van der Waals surface area contributed by atoms with Crippen LogP contribution < -0.4 is 0 Å². The number of fused-ring (bicyclic) bond motifs is 3. The van der Waals surface area contributed by atoms with Crippen LogP contribution in [0.1, 0.15) is 33.0 Å². The highest BCUT2D eigenvalue weighted by molar-refractivity contribution is 6.24. The van der Waals surface area contributed by atoms with E-state index in [1.165, 1.54) is 6.08 Å². The van der Waals surface area contributed by atoms with Crippen molar-refractivity contribution in [2.45, 2.75) is 19.4 Å². The number of carbonyl (C=O) groups excluding carboxylic acids is 2. The fourth-order valence-electron chi connectivity index (χ4n) is 2.84. The van der Waals surface area contributed by atoms with Crippen LogP contribution in [-0.2, 0) is 13.0 Å². The van der Waals surface area contributed by atoms with E-state index in [0.29, 0.717) is 17.0 Å². The van der Waals surface area contributed by atoms with Crippen molar-refractivity contribution in [3.63, 3.8) is 0 Å². The zero-order valence-electron chi connectivity index (χ0n) is 9.40. The molecule has 1 fully saturated rings. The van der Waals surface area contributed by atoms with Gasteiger partial charge in [0.2, 0.25) is 11.6 Å². The Hall–Kier alpha value is -1.84. The average molecular weight is 228 g/mol. The zero-order chi connectivity index (χ0) is 11.6. The maximum absolute atomic E-state index is 12.3. The molecule has 17 heavy (non-hydrogen) atoms. The predicted molar refractivity (Wildman–Crippen MR) is 61.1 cm³/mol. The van der Waals surface area contributed by atoms with Crippen molar-refractivity contribution < 1.29 is 9.59 Å². The summed E-state index contributed by atoms with van der Waals surface area (Å²) < 4.78 is 2.02. The van der Waals surface area contributed by atoms with Gasteiger partial charge in [-0.25, -0.2) is 0 Å². The molecule has 0 unspecified atom stereocenters. The summed E-state index contributed by atoms with van der Waals surface area (Å²) in [5.41, 5.74) is 2.96. The molecule has 0 radical (unpaired) electrons. The second kappa shape index (κ2) is 2.88. The number of hydrogen-bond acceptors (Lipinski definition) is 3. The van der Waals surface area contributed by atoms with Gasteiger partial charge in [0.15, 0.2) is 0 Å². The molecule has 4 heteroatoms. The van der Waals surface area contributed by atoms with E-state index in [-0.39, 0.29) is 11.6 Å². The Morgan fingerprint density at radius 2 is 1.94 bits per heavy atom. The van der Waals surface area contributed by atoms with Crippen molar-refractivity contribution in [2.75, 3.05) is 13.1 Å². The summed E-state index contributed by atoms with van der Waals surface area (Å²) in [6, 6.07) is 1.92. The Morgan fingerprint density at radius 1 is 1.12 bits per heavy atom. The second-order valence-corrected chi connectivity index (χ2v) is 4.86. The number of aryl methyl sites for hydroxylation is 1. The molecular formula is C13H12N2O2. The van der Waals surface area contributed by atoms with E-state index >= 15 is 0 Å². The molecule has 0 saturated carbocycles. The SMILES string of the molecule is O=C1C(N2CC2)=CC(=O)c2c1cc1n2CCC1. The molecule has 0 bridgehead atoms. The lowest BCUT2D eigenvalue weighted by Gasteiger charge is -2.14. The van der Waals surface area contributed by atoms with Crippen LogP contribution in [0.5, 0.6) is 0 Å². The normalized spacial score (nSPS) is 21.4. The molecule has 0 amide bonds. The Kier molecular flexibility index (Phi) is 1.56. The van der Waals surface area contributed by atoms with Crippen LogP contribution in [0.3, 0.4) is 0 Å². The van der Waals surface area contributed by atoms with Gasteiger partial charge < -0.3 is 9.47 Å². The van der Waals surface area contributed by atoms with Gasteiger partial charge in [0.1, 0.15) is 5.69 Å². The second-order valence-electron chi connectivity index (χ2n) is 4.86. The number of ketones is 2. The van der Waals surface area contributed by atoms with Gasteiger partial charge in [0.05, 0.1) is 11.3 Å². The number of rotatable bonds is 1. The molecule has 1 aromatic heterocycles. The van der Waals surface area contributed by atoms with E-state index in [2.05, 4.69) is 0 Å². The Morgan fingerprint density at radius 3 is 2.71 bits per heavy atom. The quantitative estimate of drug-likeness (QED) is 0.674. The number of aromatic nitrogens is 1. The highest BCUT2D eigenvalue weighted by Gasteiger charge is 2.36. The smallest absolute Gasteiger partial charge is 0.211 e. The first-order valence-electron chi connectivity index (χ1n) is 6.04. The number of allylic oxidation sites excluding steroid dienone is 2. The molecule has 0 spiro atoms. The third-order valence-electron chi connectivity index (χ3n) is 3.76. The van der Waals surface area contributed by atoms with E-state index in [4.69, 9.17) is 0 Å². The maximum atomic E-state index is 12.3. The summed E-state index contributed by atoms with van der Waals surface area (Å²) in [6.07, 6.45) is 3.57. The average Bonchev–Trinajstić information content (AvgIpc) is 2.92. The minimum atomic E-state index is -0.00495. The minimum absolute atomic E-state index is 0.00495. The standard InChI is InChI=1S/C13H12N2O2/c16-11-7-10(14-4-5-14)13(17)9-6-8-2-1-3-15(8)12(9)11/h6-7H,1-5H2. The third kappa shape index (κ3) is 1.12. The van der Waals surface area contributed by atoms with Gasteiger partial charge in [0.25, 0.3) is 0 Å². The number of nitrogens with zero attached hydrogens (tertiary/aromatic N) is 2. The first-order valence-corrected chi connectivity index (χ1v) is 6.04. The molecule has 4 rings (SSSR count). The van der Waals surface area contributed by atoms with Crippen molar-refractivity contribution in [1.82, 2.24) is 9.47 Å². The summed E-state index contributed by atoms with van der Waals surface area (Å²) >= 11 is 0. The third-order valence-corrected chi connectivity index (χ3v) is 3.76. The van der Waals surface area contributed by atoms with Gasteiger partial charge in [-0.3, -0.25) is 9.59 Å². The zero-order valence-corrected chi connectivity index (χ0v) is 9.40. The minimum Gasteiger partial charge on any atom is -0.365 e. The van der Waals surface area contributed by atoms with E-state index < -0.39 is 0 Å².